The van der Waals surface area contributed by atoms with Gasteiger partial charge in [0.2, 0.25) is 0 Å². The molecule has 0 atom stereocenters. The van der Waals surface area contributed by atoms with E-state index < -0.39 is 0 Å². The van der Waals surface area contributed by atoms with Gasteiger partial charge in [0, 0.05) is 5.56 Å². The number of hydrogen-bond donors (Lipinski definition) is 1. The molecule has 0 unspecified atom stereocenters. The Bertz CT molecular complexity index is 1580. The van der Waals surface area contributed by atoms with Crippen molar-refractivity contribution in [2.45, 2.75) is 13.2 Å². The zero-order chi connectivity index (χ0) is 26.9. The van der Waals surface area contributed by atoms with Gasteiger partial charge in [-0.05, 0) is 69.9 Å². The van der Waals surface area contributed by atoms with E-state index in [0.29, 0.717) is 30.3 Å². The first-order chi connectivity index (χ1) is 19.2. The molecule has 0 bridgehead atoms. The van der Waals surface area contributed by atoms with Gasteiger partial charge >= 0.3 is 0 Å². The van der Waals surface area contributed by atoms with E-state index in [4.69, 9.17) is 14.2 Å². The summed E-state index contributed by atoms with van der Waals surface area (Å²) in [5.74, 6) is 1.44. The number of ether oxygens (including phenoxy) is 3. The third kappa shape index (κ3) is 6.62. The van der Waals surface area contributed by atoms with Crippen molar-refractivity contribution in [1.82, 2.24) is 5.43 Å². The van der Waals surface area contributed by atoms with Crippen LogP contribution >= 0.6 is 0 Å². The molecule has 0 radical (unpaired) electrons. The molecule has 39 heavy (non-hydrogen) atoms. The van der Waals surface area contributed by atoms with Gasteiger partial charge in [-0.2, -0.15) is 5.10 Å². The van der Waals surface area contributed by atoms with Gasteiger partial charge in [0.1, 0.15) is 19.0 Å². The average molecular weight is 517 g/mol. The molecule has 194 valence electrons. The number of hydrogen-bond acceptors (Lipinski definition) is 5. The molecule has 0 aliphatic heterocycles. The van der Waals surface area contributed by atoms with Gasteiger partial charge in [-0.25, -0.2) is 5.43 Å². The molecule has 6 heteroatoms. The molecule has 0 aromatic heterocycles. The normalized spacial score (nSPS) is 10.9. The number of hydrazone groups is 1. The second-order valence-corrected chi connectivity index (χ2v) is 8.84. The monoisotopic (exact) mass is 516 g/mol. The Morgan fingerprint density at radius 3 is 2.36 bits per heavy atom. The lowest BCUT2D eigenvalue weighted by Gasteiger charge is -2.12. The van der Waals surface area contributed by atoms with E-state index in [1.807, 2.05) is 72.8 Å². The van der Waals surface area contributed by atoms with Crippen LogP contribution in [0, 0.1) is 0 Å². The minimum Gasteiger partial charge on any atom is -0.493 e. The molecule has 6 nitrogen and oxygen atoms in total. The molecular formula is C33H28N2O4. The molecule has 5 rings (SSSR count). The molecule has 5 aromatic carbocycles. The number of amides is 1. The van der Waals surface area contributed by atoms with Crippen LogP contribution in [-0.4, -0.2) is 19.2 Å². The topological polar surface area (TPSA) is 69.2 Å². The minimum absolute atomic E-state index is 0.353. The number of methoxy groups -OCH3 is 1. The van der Waals surface area contributed by atoms with Gasteiger partial charge in [0.15, 0.2) is 11.5 Å². The van der Waals surface area contributed by atoms with E-state index in [1.54, 1.807) is 31.5 Å². The Morgan fingerprint density at radius 2 is 1.54 bits per heavy atom. The van der Waals surface area contributed by atoms with Crippen LogP contribution in [0.5, 0.6) is 17.2 Å². The first kappa shape index (κ1) is 25.5. The van der Waals surface area contributed by atoms with Gasteiger partial charge in [0.25, 0.3) is 5.91 Å². The summed E-state index contributed by atoms with van der Waals surface area (Å²) in [7, 11) is 1.54. The van der Waals surface area contributed by atoms with Gasteiger partial charge in [-0.3, -0.25) is 4.79 Å². The van der Waals surface area contributed by atoms with Crippen molar-refractivity contribution < 1.29 is 19.0 Å². The molecule has 5 aromatic rings. The van der Waals surface area contributed by atoms with Crippen molar-refractivity contribution in [3.05, 3.63) is 138 Å². The molecule has 1 amide bonds. The second-order valence-electron chi connectivity index (χ2n) is 8.84. The third-order valence-corrected chi connectivity index (χ3v) is 6.20. The van der Waals surface area contributed by atoms with Crippen molar-refractivity contribution in [2.75, 3.05) is 7.11 Å². The summed E-state index contributed by atoms with van der Waals surface area (Å²) in [6.45, 7) is 0.879. The predicted molar refractivity (Wildman–Crippen MR) is 154 cm³/mol. The summed E-state index contributed by atoms with van der Waals surface area (Å²) in [5, 5.41) is 6.47. The number of nitrogens with one attached hydrogen (secondary N) is 1. The summed E-state index contributed by atoms with van der Waals surface area (Å²) in [5.41, 5.74) is 5.97. The number of nitrogens with zero attached hydrogens (tertiary/aromatic N) is 1. The fourth-order valence-corrected chi connectivity index (χ4v) is 4.12. The largest absolute Gasteiger partial charge is 0.493 e. The fourth-order valence-electron chi connectivity index (χ4n) is 4.12. The summed E-state index contributed by atoms with van der Waals surface area (Å²) < 4.78 is 17.3. The first-order valence-electron chi connectivity index (χ1n) is 12.6. The van der Waals surface area contributed by atoms with Gasteiger partial charge in [-0.1, -0.05) is 72.8 Å². The highest BCUT2D eigenvalue weighted by Gasteiger charge is 2.11. The van der Waals surface area contributed by atoms with Crippen LogP contribution < -0.4 is 19.6 Å². The Kier molecular flexibility index (Phi) is 8.14. The van der Waals surface area contributed by atoms with E-state index >= 15 is 0 Å². The molecular weight excluding hydrogens is 488 g/mol. The van der Waals surface area contributed by atoms with E-state index in [9.17, 15) is 4.79 Å². The quantitative estimate of drug-likeness (QED) is 0.164. The van der Waals surface area contributed by atoms with Crippen LogP contribution in [0.1, 0.15) is 27.0 Å². The maximum Gasteiger partial charge on any atom is 0.271 e. The maximum absolute atomic E-state index is 12.6. The van der Waals surface area contributed by atoms with Gasteiger partial charge in [-0.15, -0.1) is 0 Å². The lowest BCUT2D eigenvalue weighted by molar-refractivity contribution is 0.0954. The molecule has 0 aliphatic carbocycles. The first-order valence-corrected chi connectivity index (χ1v) is 12.6. The highest BCUT2D eigenvalue weighted by molar-refractivity contribution is 5.95. The van der Waals surface area contributed by atoms with E-state index in [0.717, 1.165) is 22.4 Å². The predicted octanol–water partition coefficient (Wildman–Crippen LogP) is 6.77. The second kappa shape index (κ2) is 12.4. The Labute approximate surface area is 227 Å². The average Bonchev–Trinajstić information content (AvgIpc) is 3.00. The van der Waals surface area contributed by atoms with E-state index in [2.05, 4.69) is 34.8 Å². The zero-order valence-electron chi connectivity index (χ0n) is 21.5. The summed E-state index contributed by atoms with van der Waals surface area (Å²) >= 11 is 0. The van der Waals surface area contributed by atoms with Crippen molar-refractivity contribution in [3.63, 3.8) is 0 Å². The van der Waals surface area contributed by atoms with Gasteiger partial charge < -0.3 is 14.2 Å². The number of carbonyl (C=O) groups is 1. The van der Waals surface area contributed by atoms with Crippen molar-refractivity contribution in [3.8, 4) is 17.2 Å². The number of carbonyl (C=O) groups excluding carboxylic acids is 1. The molecule has 0 aliphatic rings. The van der Waals surface area contributed by atoms with Crippen molar-refractivity contribution >= 4 is 22.9 Å². The van der Waals surface area contributed by atoms with Crippen LogP contribution in [0.15, 0.2) is 120 Å². The summed E-state index contributed by atoms with van der Waals surface area (Å²) in [6.07, 6.45) is 1.58. The minimum atomic E-state index is -0.353. The lowest BCUT2D eigenvalue weighted by Crippen LogP contribution is -2.17. The number of fused-ring (bicyclic) bond motifs is 1. The van der Waals surface area contributed by atoms with Crippen molar-refractivity contribution in [1.29, 1.82) is 0 Å². The molecule has 0 heterocycles. The van der Waals surface area contributed by atoms with Crippen molar-refractivity contribution in [2.24, 2.45) is 5.10 Å². The smallest absolute Gasteiger partial charge is 0.271 e. The Balaban J connectivity index is 1.14. The molecule has 0 spiro atoms. The number of benzene rings is 5. The SMILES string of the molecule is COc1cc(C(=O)N/N=C/c2ccc(OCc3cccc4ccccc34)cc2)ccc1OCc1ccccc1. The number of rotatable bonds is 10. The van der Waals surface area contributed by atoms with Crippen LogP contribution in [0.3, 0.4) is 0 Å². The van der Waals surface area contributed by atoms with Gasteiger partial charge in [0.05, 0.1) is 13.3 Å². The molecule has 0 fully saturated rings. The standard InChI is InChI=1S/C33H28N2O4/c1-37-32-20-27(16-19-31(32)39-22-25-8-3-2-4-9-25)33(36)35-34-21-24-14-17-29(18-15-24)38-23-28-12-7-11-26-10-5-6-13-30(26)28/h2-21H,22-23H2,1H3,(H,35,36)/b34-21+. The zero-order valence-corrected chi connectivity index (χ0v) is 21.5. The Hall–Kier alpha value is -5.10. The maximum atomic E-state index is 12.6. The summed E-state index contributed by atoms with van der Waals surface area (Å²) in [4.78, 5) is 12.6. The third-order valence-electron chi connectivity index (χ3n) is 6.20. The Morgan fingerprint density at radius 1 is 0.769 bits per heavy atom. The highest BCUT2D eigenvalue weighted by Crippen LogP contribution is 2.29. The van der Waals surface area contributed by atoms with Crippen LogP contribution in [0.2, 0.25) is 0 Å². The van der Waals surface area contributed by atoms with Crippen LogP contribution in [0.25, 0.3) is 10.8 Å². The molecule has 0 saturated heterocycles. The van der Waals surface area contributed by atoms with E-state index in [1.165, 1.54) is 10.8 Å². The molecule has 0 saturated carbocycles. The van der Waals surface area contributed by atoms with Crippen LogP contribution in [0.4, 0.5) is 0 Å². The highest BCUT2D eigenvalue weighted by atomic mass is 16.5. The molecule has 1 N–H and O–H groups in total. The summed E-state index contributed by atoms with van der Waals surface area (Å²) in [6, 6.07) is 36.9. The fraction of sp³-hybridized carbons (Fsp3) is 0.0909. The van der Waals surface area contributed by atoms with Crippen LogP contribution in [-0.2, 0) is 13.2 Å². The lowest BCUT2D eigenvalue weighted by atomic mass is 10.1. The van der Waals surface area contributed by atoms with E-state index in [-0.39, 0.29) is 5.91 Å².